The number of carbonyl (C=O) groups excluding carboxylic acids is 1. The van der Waals surface area contributed by atoms with Crippen LogP contribution in [-0.4, -0.2) is 43.7 Å². The van der Waals surface area contributed by atoms with Gasteiger partial charge in [0.2, 0.25) is 5.91 Å². The van der Waals surface area contributed by atoms with Gasteiger partial charge in [-0.1, -0.05) is 12.1 Å². The van der Waals surface area contributed by atoms with Crippen LogP contribution in [0, 0.1) is 11.3 Å². The fourth-order valence-electron chi connectivity index (χ4n) is 2.44. The van der Waals surface area contributed by atoms with Crippen molar-refractivity contribution < 1.29 is 9.53 Å². The summed E-state index contributed by atoms with van der Waals surface area (Å²) in [6, 6.07) is 9.60. The number of carbonyl (C=O) groups is 1. The van der Waals surface area contributed by atoms with Crippen molar-refractivity contribution in [3.8, 4) is 6.07 Å². The zero-order chi connectivity index (χ0) is 15.1. The smallest absolute Gasteiger partial charge is 0.224 e. The molecule has 1 aromatic carbocycles. The number of rotatable bonds is 6. The minimum atomic E-state index is -0.0474. The van der Waals surface area contributed by atoms with Crippen LogP contribution in [0.4, 0.5) is 5.69 Å². The van der Waals surface area contributed by atoms with E-state index in [1.807, 2.05) is 6.07 Å². The predicted octanol–water partition coefficient (Wildman–Crippen LogP) is 2.00. The minimum Gasteiger partial charge on any atom is -0.380 e. The maximum absolute atomic E-state index is 11.9. The molecule has 1 fully saturated rings. The molecular formula is C16H21N3O2. The molecule has 1 aliphatic rings. The van der Waals surface area contributed by atoms with Crippen molar-refractivity contribution in [2.75, 3.05) is 32.1 Å². The van der Waals surface area contributed by atoms with Gasteiger partial charge in [0.15, 0.2) is 0 Å². The summed E-state index contributed by atoms with van der Waals surface area (Å²) in [5.74, 6) is -0.0474. The third-order valence-corrected chi connectivity index (χ3v) is 3.77. The summed E-state index contributed by atoms with van der Waals surface area (Å²) < 4.78 is 5.36. The van der Waals surface area contributed by atoms with E-state index >= 15 is 0 Å². The van der Waals surface area contributed by atoms with Gasteiger partial charge in [-0.3, -0.25) is 4.79 Å². The second-order valence-corrected chi connectivity index (χ2v) is 5.31. The standard InChI is InChI=1S/C16H21N3O2/c1-19(14-8-10-21-12-14)9-4-7-16(20)18-15-6-3-2-5-13(15)11-17/h2-3,5-6,14H,4,7-10,12H2,1H3,(H,18,20). The maximum Gasteiger partial charge on any atom is 0.224 e. The van der Waals surface area contributed by atoms with Gasteiger partial charge in [0.05, 0.1) is 17.9 Å². The molecule has 1 aliphatic heterocycles. The predicted molar refractivity (Wildman–Crippen MR) is 80.9 cm³/mol. The second-order valence-electron chi connectivity index (χ2n) is 5.31. The largest absolute Gasteiger partial charge is 0.380 e. The molecule has 0 bridgehead atoms. The minimum absolute atomic E-state index is 0.0474. The topological polar surface area (TPSA) is 65.4 Å². The van der Waals surface area contributed by atoms with E-state index in [-0.39, 0.29) is 5.91 Å². The SMILES string of the molecule is CN(CCCC(=O)Nc1ccccc1C#N)C1CCOC1. The number of likely N-dealkylation sites (N-methyl/N-ethyl adjacent to an activating group) is 1. The number of ether oxygens (including phenoxy) is 1. The molecule has 5 nitrogen and oxygen atoms in total. The van der Waals surface area contributed by atoms with E-state index < -0.39 is 0 Å². The van der Waals surface area contributed by atoms with Crippen LogP contribution < -0.4 is 5.32 Å². The number of nitriles is 1. The first-order valence-electron chi connectivity index (χ1n) is 7.27. The molecule has 1 heterocycles. The Balaban J connectivity index is 1.73. The van der Waals surface area contributed by atoms with Crippen molar-refractivity contribution in [3.63, 3.8) is 0 Å². The molecule has 1 amide bonds. The van der Waals surface area contributed by atoms with Crippen LogP contribution in [0.1, 0.15) is 24.8 Å². The lowest BCUT2D eigenvalue weighted by Crippen LogP contribution is -2.33. The summed E-state index contributed by atoms with van der Waals surface area (Å²) in [7, 11) is 2.07. The number of hydrogen-bond donors (Lipinski definition) is 1. The van der Waals surface area contributed by atoms with Crippen molar-refractivity contribution >= 4 is 11.6 Å². The van der Waals surface area contributed by atoms with Crippen molar-refractivity contribution in [2.45, 2.75) is 25.3 Å². The molecule has 1 saturated heterocycles. The number of hydrogen-bond acceptors (Lipinski definition) is 4. The molecular weight excluding hydrogens is 266 g/mol. The van der Waals surface area contributed by atoms with Crippen molar-refractivity contribution in [3.05, 3.63) is 29.8 Å². The van der Waals surface area contributed by atoms with Crippen LogP contribution in [-0.2, 0) is 9.53 Å². The lowest BCUT2D eigenvalue weighted by atomic mass is 10.2. The molecule has 21 heavy (non-hydrogen) atoms. The average Bonchev–Trinajstić information content (AvgIpc) is 3.02. The van der Waals surface area contributed by atoms with E-state index in [4.69, 9.17) is 10.00 Å². The molecule has 0 aromatic heterocycles. The van der Waals surface area contributed by atoms with Gasteiger partial charge in [-0.05, 0) is 38.6 Å². The molecule has 5 heteroatoms. The van der Waals surface area contributed by atoms with E-state index in [0.717, 1.165) is 32.6 Å². The fraction of sp³-hybridized carbons (Fsp3) is 0.500. The van der Waals surface area contributed by atoms with Crippen molar-refractivity contribution in [1.82, 2.24) is 4.90 Å². The Morgan fingerprint density at radius 3 is 3.05 bits per heavy atom. The zero-order valence-corrected chi connectivity index (χ0v) is 12.3. The Hall–Kier alpha value is -1.90. The van der Waals surface area contributed by atoms with Gasteiger partial charge in [-0.2, -0.15) is 5.26 Å². The quantitative estimate of drug-likeness (QED) is 0.869. The van der Waals surface area contributed by atoms with E-state index in [2.05, 4.69) is 23.3 Å². The first kappa shape index (κ1) is 15.5. The average molecular weight is 287 g/mol. The Bertz CT molecular complexity index is 518. The molecule has 0 aliphatic carbocycles. The van der Waals surface area contributed by atoms with Gasteiger partial charge in [0, 0.05) is 19.1 Å². The van der Waals surface area contributed by atoms with Gasteiger partial charge in [0.1, 0.15) is 6.07 Å². The highest BCUT2D eigenvalue weighted by atomic mass is 16.5. The molecule has 0 spiro atoms. The number of nitrogens with zero attached hydrogens (tertiary/aromatic N) is 2. The Morgan fingerprint density at radius 1 is 1.52 bits per heavy atom. The number of para-hydroxylation sites is 1. The van der Waals surface area contributed by atoms with Crippen molar-refractivity contribution in [1.29, 1.82) is 5.26 Å². The highest BCUT2D eigenvalue weighted by molar-refractivity contribution is 5.92. The van der Waals surface area contributed by atoms with Crippen LogP contribution in [0.5, 0.6) is 0 Å². The van der Waals surface area contributed by atoms with Gasteiger partial charge in [-0.25, -0.2) is 0 Å². The summed E-state index contributed by atoms with van der Waals surface area (Å²) in [6.07, 6.45) is 2.32. The number of benzene rings is 1. The number of nitrogens with one attached hydrogen (secondary N) is 1. The third kappa shape index (κ3) is 4.55. The Labute approximate surface area is 125 Å². The first-order valence-corrected chi connectivity index (χ1v) is 7.27. The van der Waals surface area contributed by atoms with Crippen molar-refractivity contribution in [2.24, 2.45) is 0 Å². The van der Waals surface area contributed by atoms with E-state index in [1.54, 1.807) is 18.2 Å². The Kier molecular flexibility index (Phi) is 5.73. The fourth-order valence-corrected chi connectivity index (χ4v) is 2.44. The molecule has 112 valence electrons. The molecule has 1 atom stereocenters. The van der Waals surface area contributed by atoms with Crippen LogP contribution in [0.2, 0.25) is 0 Å². The van der Waals surface area contributed by atoms with Crippen LogP contribution in [0.3, 0.4) is 0 Å². The normalized spacial score (nSPS) is 17.7. The summed E-state index contributed by atoms with van der Waals surface area (Å²) in [5.41, 5.74) is 1.08. The van der Waals surface area contributed by atoms with Crippen LogP contribution in [0.25, 0.3) is 0 Å². The van der Waals surface area contributed by atoms with Crippen LogP contribution >= 0.6 is 0 Å². The summed E-state index contributed by atoms with van der Waals surface area (Å²) >= 11 is 0. The molecule has 1 unspecified atom stereocenters. The number of anilines is 1. The summed E-state index contributed by atoms with van der Waals surface area (Å²) in [5, 5.41) is 11.8. The van der Waals surface area contributed by atoms with Gasteiger partial charge in [0.25, 0.3) is 0 Å². The lowest BCUT2D eigenvalue weighted by molar-refractivity contribution is -0.116. The first-order chi connectivity index (χ1) is 10.2. The summed E-state index contributed by atoms with van der Waals surface area (Å²) in [6.45, 7) is 2.50. The Morgan fingerprint density at radius 2 is 2.33 bits per heavy atom. The van der Waals surface area contributed by atoms with E-state index in [9.17, 15) is 4.79 Å². The van der Waals surface area contributed by atoms with Crippen LogP contribution in [0.15, 0.2) is 24.3 Å². The maximum atomic E-state index is 11.9. The molecule has 1 aromatic rings. The third-order valence-electron chi connectivity index (χ3n) is 3.77. The molecule has 2 rings (SSSR count). The molecule has 0 saturated carbocycles. The second kappa shape index (κ2) is 7.77. The molecule has 1 N–H and O–H groups in total. The highest BCUT2D eigenvalue weighted by Gasteiger charge is 2.19. The zero-order valence-electron chi connectivity index (χ0n) is 12.3. The van der Waals surface area contributed by atoms with E-state index in [0.29, 0.717) is 23.7 Å². The number of amides is 1. The van der Waals surface area contributed by atoms with E-state index in [1.165, 1.54) is 0 Å². The lowest BCUT2D eigenvalue weighted by Gasteiger charge is -2.22. The van der Waals surface area contributed by atoms with Gasteiger partial charge in [-0.15, -0.1) is 0 Å². The molecule has 0 radical (unpaired) electrons. The monoisotopic (exact) mass is 287 g/mol. The summed E-state index contributed by atoms with van der Waals surface area (Å²) in [4.78, 5) is 14.2. The highest BCUT2D eigenvalue weighted by Crippen LogP contribution is 2.14. The van der Waals surface area contributed by atoms with Gasteiger partial charge >= 0.3 is 0 Å². The van der Waals surface area contributed by atoms with Gasteiger partial charge < -0.3 is 15.0 Å².